The molecule has 0 aliphatic carbocycles. The van der Waals surface area contributed by atoms with Crippen LogP contribution in [0.5, 0.6) is 0 Å². The first-order valence-corrected chi connectivity index (χ1v) is 8.39. The molecule has 2 heterocycles. The number of anilines is 1. The van der Waals surface area contributed by atoms with E-state index in [1.54, 1.807) is 11.3 Å². The molecule has 0 saturated carbocycles. The lowest BCUT2D eigenvalue weighted by atomic mass is 10.2. The number of halogens is 1. The van der Waals surface area contributed by atoms with Crippen LogP contribution in [0, 0.1) is 5.82 Å². The summed E-state index contributed by atoms with van der Waals surface area (Å²) >= 11 is 1.59. The fraction of sp³-hybridized carbons (Fsp3) is 0.438. The molecule has 0 spiro atoms. The molecule has 0 bridgehead atoms. The number of aromatic nitrogens is 1. The molecule has 3 rings (SSSR count). The standard InChI is InChI=1S/C16H20FN3OS/c17-14-4-2-13(3-5-14)10-19-6-1-7-20(9-8-19)16-18-15(11-21)12-22-16/h2-5,12,21H,1,6-11H2. The Kier molecular flexibility index (Phi) is 5.02. The molecule has 0 unspecified atom stereocenters. The first-order valence-electron chi connectivity index (χ1n) is 7.51. The molecule has 22 heavy (non-hydrogen) atoms. The van der Waals surface area contributed by atoms with Gasteiger partial charge >= 0.3 is 0 Å². The summed E-state index contributed by atoms with van der Waals surface area (Å²) in [5.41, 5.74) is 1.89. The van der Waals surface area contributed by atoms with Crippen molar-refractivity contribution >= 4 is 16.5 Å². The second-order valence-electron chi connectivity index (χ2n) is 5.52. The third kappa shape index (κ3) is 3.82. The van der Waals surface area contributed by atoms with Crippen molar-refractivity contribution in [2.24, 2.45) is 0 Å². The van der Waals surface area contributed by atoms with E-state index in [9.17, 15) is 4.39 Å². The average Bonchev–Trinajstić information content (AvgIpc) is 2.90. The van der Waals surface area contributed by atoms with Gasteiger partial charge in [-0.05, 0) is 24.1 Å². The zero-order valence-electron chi connectivity index (χ0n) is 12.4. The molecule has 4 nitrogen and oxygen atoms in total. The Morgan fingerprint density at radius 2 is 1.95 bits per heavy atom. The van der Waals surface area contributed by atoms with Crippen LogP contribution in [0.25, 0.3) is 0 Å². The molecule has 118 valence electrons. The highest BCUT2D eigenvalue weighted by Gasteiger charge is 2.17. The van der Waals surface area contributed by atoms with Crippen molar-refractivity contribution in [3.63, 3.8) is 0 Å². The number of benzene rings is 1. The molecule has 1 aliphatic rings. The topological polar surface area (TPSA) is 39.6 Å². The lowest BCUT2D eigenvalue weighted by molar-refractivity contribution is 0.277. The van der Waals surface area contributed by atoms with Gasteiger partial charge in [-0.2, -0.15) is 0 Å². The maximum Gasteiger partial charge on any atom is 0.185 e. The monoisotopic (exact) mass is 321 g/mol. The highest BCUT2D eigenvalue weighted by atomic mass is 32.1. The summed E-state index contributed by atoms with van der Waals surface area (Å²) in [6.07, 6.45) is 1.08. The Morgan fingerprint density at radius 3 is 2.68 bits per heavy atom. The molecule has 1 N–H and O–H groups in total. The lowest BCUT2D eigenvalue weighted by Gasteiger charge is -2.21. The van der Waals surface area contributed by atoms with Gasteiger partial charge in [-0.1, -0.05) is 12.1 Å². The van der Waals surface area contributed by atoms with Crippen molar-refractivity contribution in [3.05, 3.63) is 46.7 Å². The normalized spacial score (nSPS) is 16.7. The first-order chi connectivity index (χ1) is 10.7. The van der Waals surface area contributed by atoms with Crippen LogP contribution in [-0.4, -0.2) is 41.2 Å². The van der Waals surface area contributed by atoms with Gasteiger partial charge in [-0.3, -0.25) is 4.90 Å². The predicted octanol–water partition coefficient (Wildman–Crippen LogP) is 2.49. The Hall–Kier alpha value is -1.50. The van der Waals surface area contributed by atoms with Gasteiger partial charge in [-0.25, -0.2) is 9.37 Å². The fourth-order valence-electron chi connectivity index (χ4n) is 2.68. The number of aliphatic hydroxyl groups excluding tert-OH is 1. The number of hydrogen-bond donors (Lipinski definition) is 1. The molecule has 1 aliphatic heterocycles. The molecular formula is C16H20FN3OS. The van der Waals surface area contributed by atoms with Crippen LogP contribution in [0.1, 0.15) is 17.7 Å². The van der Waals surface area contributed by atoms with Crippen LogP contribution in [0.3, 0.4) is 0 Å². The second-order valence-corrected chi connectivity index (χ2v) is 6.36. The van der Waals surface area contributed by atoms with Crippen LogP contribution in [0.15, 0.2) is 29.6 Å². The molecule has 6 heteroatoms. The molecule has 0 amide bonds. The van der Waals surface area contributed by atoms with E-state index in [1.807, 2.05) is 17.5 Å². The second kappa shape index (κ2) is 7.17. The van der Waals surface area contributed by atoms with Crippen molar-refractivity contribution in [1.29, 1.82) is 0 Å². The number of hydrogen-bond acceptors (Lipinski definition) is 5. The van der Waals surface area contributed by atoms with E-state index in [2.05, 4.69) is 14.8 Å². The fourth-order valence-corrected chi connectivity index (χ4v) is 3.55. The number of aliphatic hydroxyl groups is 1. The minimum absolute atomic E-state index is 0.00102. The molecule has 1 aromatic heterocycles. The van der Waals surface area contributed by atoms with Crippen molar-refractivity contribution in [2.45, 2.75) is 19.6 Å². The minimum atomic E-state index is -0.186. The van der Waals surface area contributed by atoms with Crippen LogP contribution in [-0.2, 0) is 13.2 Å². The molecule has 0 atom stereocenters. The van der Waals surface area contributed by atoms with E-state index in [1.165, 1.54) is 12.1 Å². The third-order valence-corrected chi connectivity index (χ3v) is 4.83. The van der Waals surface area contributed by atoms with Crippen LogP contribution in [0.4, 0.5) is 9.52 Å². The summed E-state index contributed by atoms with van der Waals surface area (Å²) in [5.74, 6) is -0.186. The highest BCUT2D eigenvalue weighted by molar-refractivity contribution is 7.13. The van der Waals surface area contributed by atoms with Gasteiger partial charge in [0.25, 0.3) is 0 Å². The van der Waals surface area contributed by atoms with E-state index < -0.39 is 0 Å². The Balaban J connectivity index is 1.58. The van der Waals surface area contributed by atoms with E-state index >= 15 is 0 Å². The predicted molar refractivity (Wildman–Crippen MR) is 86.5 cm³/mol. The molecule has 1 saturated heterocycles. The molecule has 1 fully saturated rings. The quantitative estimate of drug-likeness (QED) is 0.939. The van der Waals surface area contributed by atoms with E-state index in [0.717, 1.165) is 55.5 Å². The molecule has 2 aromatic rings. The zero-order chi connectivity index (χ0) is 15.4. The van der Waals surface area contributed by atoms with E-state index in [4.69, 9.17) is 5.11 Å². The summed E-state index contributed by atoms with van der Waals surface area (Å²) in [7, 11) is 0. The van der Waals surface area contributed by atoms with Gasteiger partial charge in [0, 0.05) is 38.1 Å². The number of rotatable bonds is 4. The minimum Gasteiger partial charge on any atom is -0.390 e. The third-order valence-electron chi connectivity index (χ3n) is 3.88. The van der Waals surface area contributed by atoms with Crippen molar-refractivity contribution in [2.75, 3.05) is 31.1 Å². The van der Waals surface area contributed by atoms with E-state index in [0.29, 0.717) is 0 Å². The van der Waals surface area contributed by atoms with Gasteiger partial charge in [0.2, 0.25) is 0 Å². The Labute approximate surface area is 133 Å². The molecule has 1 aromatic carbocycles. The maximum atomic E-state index is 13.0. The SMILES string of the molecule is OCc1csc(N2CCCN(Cc3ccc(F)cc3)CC2)n1. The number of thiazole rings is 1. The number of nitrogens with zero attached hydrogens (tertiary/aromatic N) is 3. The van der Waals surface area contributed by atoms with Gasteiger partial charge in [0.15, 0.2) is 5.13 Å². The van der Waals surface area contributed by atoms with Gasteiger partial charge in [-0.15, -0.1) is 11.3 Å². The van der Waals surface area contributed by atoms with Gasteiger partial charge in [0.1, 0.15) is 5.82 Å². The van der Waals surface area contributed by atoms with Crippen LogP contribution in [0.2, 0.25) is 0 Å². The average molecular weight is 321 g/mol. The van der Waals surface area contributed by atoms with Crippen LogP contribution < -0.4 is 4.90 Å². The highest BCUT2D eigenvalue weighted by Crippen LogP contribution is 2.22. The van der Waals surface area contributed by atoms with E-state index in [-0.39, 0.29) is 12.4 Å². The summed E-state index contributed by atoms with van der Waals surface area (Å²) in [5, 5.41) is 12.0. The Morgan fingerprint density at radius 1 is 1.14 bits per heavy atom. The summed E-state index contributed by atoms with van der Waals surface area (Å²) in [6.45, 7) is 4.77. The summed E-state index contributed by atoms with van der Waals surface area (Å²) < 4.78 is 13.0. The Bertz CT molecular complexity index is 602. The lowest BCUT2D eigenvalue weighted by Crippen LogP contribution is -2.30. The zero-order valence-corrected chi connectivity index (χ0v) is 13.2. The van der Waals surface area contributed by atoms with Crippen LogP contribution >= 0.6 is 11.3 Å². The molecule has 0 radical (unpaired) electrons. The van der Waals surface area contributed by atoms with Crippen molar-refractivity contribution < 1.29 is 9.50 Å². The smallest absolute Gasteiger partial charge is 0.185 e. The van der Waals surface area contributed by atoms with Crippen molar-refractivity contribution in [1.82, 2.24) is 9.88 Å². The first kappa shape index (κ1) is 15.4. The van der Waals surface area contributed by atoms with Crippen molar-refractivity contribution in [3.8, 4) is 0 Å². The molecular weight excluding hydrogens is 301 g/mol. The summed E-state index contributed by atoms with van der Waals surface area (Å²) in [4.78, 5) is 9.13. The van der Waals surface area contributed by atoms with Gasteiger partial charge in [0.05, 0.1) is 12.3 Å². The largest absolute Gasteiger partial charge is 0.390 e. The van der Waals surface area contributed by atoms with Gasteiger partial charge < -0.3 is 10.0 Å². The maximum absolute atomic E-state index is 13.0. The summed E-state index contributed by atoms with van der Waals surface area (Å²) in [6, 6.07) is 6.75.